The Bertz CT molecular complexity index is 984. The molecule has 0 radical (unpaired) electrons. The molecule has 0 unspecified atom stereocenters. The van der Waals surface area contributed by atoms with E-state index in [-0.39, 0.29) is 6.61 Å². The number of H-pyrrole nitrogens is 1. The van der Waals surface area contributed by atoms with E-state index in [1.807, 2.05) is 60.8 Å². The molecule has 1 atom stereocenters. The number of hydrogen-bond donors (Lipinski definition) is 2. The third-order valence-electron chi connectivity index (χ3n) is 3.81. The average molecular weight is 367 g/mol. The fourth-order valence-corrected chi connectivity index (χ4v) is 3.22. The van der Waals surface area contributed by atoms with Crippen LogP contribution in [-0.2, 0) is 0 Å². The van der Waals surface area contributed by atoms with E-state index in [2.05, 4.69) is 15.2 Å². The molecule has 7 heteroatoms. The molecule has 4 aromatic rings. The van der Waals surface area contributed by atoms with Crippen LogP contribution in [0.25, 0.3) is 22.4 Å². The van der Waals surface area contributed by atoms with E-state index in [9.17, 15) is 5.11 Å². The van der Waals surface area contributed by atoms with Crippen LogP contribution in [-0.4, -0.2) is 38.8 Å². The summed E-state index contributed by atoms with van der Waals surface area (Å²) in [4.78, 5) is 3.19. The van der Waals surface area contributed by atoms with E-state index < -0.39 is 6.10 Å². The zero-order chi connectivity index (χ0) is 17.8. The number of aromatic amines is 1. The van der Waals surface area contributed by atoms with Crippen molar-refractivity contribution in [1.82, 2.24) is 15.2 Å². The Morgan fingerprint density at radius 2 is 1.88 bits per heavy atom. The number of nitrogens with zero attached hydrogens (tertiary/aromatic N) is 2. The zero-order valence-corrected chi connectivity index (χ0v) is 14.6. The molecule has 0 bridgehead atoms. The predicted octanol–water partition coefficient (Wildman–Crippen LogP) is 3.75. The number of aromatic nitrogens is 3. The minimum absolute atomic E-state index is 0.209. The van der Waals surface area contributed by atoms with Gasteiger partial charge in [-0.05, 0) is 18.2 Å². The van der Waals surface area contributed by atoms with Gasteiger partial charge in [-0.3, -0.25) is 0 Å². The quantitative estimate of drug-likeness (QED) is 0.484. The van der Waals surface area contributed by atoms with Crippen molar-refractivity contribution in [1.29, 1.82) is 0 Å². The molecular weight excluding hydrogens is 350 g/mol. The number of ether oxygens (including phenoxy) is 1. The van der Waals surface area contributed by atoms with Gasteiger partial charge in [-0.15, -0.1) is 10.2 Å². The molecule has 2 heterocycles. The second-order valence-corrected chi connectivity index (χ2v) is 6.68. The molecule has 0 amide bonds. The number of fused-ring (bicyclic) bond motifs is 1. The molecule has 0 saturated heterocycles. The van der Waals surface area contributed by atoms with Gasteiger partial charge in [0.05, 0.1) is 11.7 Å². The van der Waals surface area contributed by atoms with Crippen LogP contribution in [0.3, 0.4) is 0 Å². The minimum Gasteiger partial charge on any atom is -0.491 e. The van der Waals surface area contributed by atoms with Gasteiger partial charge in [0.2, 0.25) is 0 Å². The van der Waals surface area contributed by atoms with Gasteiger partial charge in [-0.2, -0.15) is 0 Å². The van der Waals surface area contributed by atoms with Crippen molar-refractivity contribution in [3.63, 3.8) is 0 Å². The van der Waals surface area contributed by atoms with Crippen LogP contribution in [0, 0.1) is 0 Å². The van der Waals surface area contributed by atoms with Gasteiger partial charge < -0.3 is 19.2 Å². The van der Waals surface area contributed by atoms with E-state index in [4.69, 9.17) is 9.15 Å². The second kappa shape index (κ2) is 7.63. The number of nitrogens with one attached hydrogen (secondary N) is 1. The molecule has 2 aromatic heterocycles. The molecule has 2 aromatic carbocycles. The van der Waals surface area contributed by atoms with Crippen LogP contribution in [0.2, 0.25) is 0 Å². The van der Waals surface area contributed by atoms with Crippen LogP contribution in [0.4, 0.5) is 0 Å². The maximum atomic E-state index is 10.1. The second-order valence-electron chi connectivity index (χ2n) is 5.71. The molecule has 0 saturated carbocycles. The van der Waals surface area contributed by atoms with Gasteiger partial charge in [0.15, 0.2) is 0 Å². The summed E-state index contributed by atoms with van der Waals surface area (Å²) in [7, 11) is 0. The van der Waals surface area contributed by atoms with Crippen LogP contribution in [0.15, 0.2) is 70.4 Å². The highest BCUT2D eigenvalue weighted by molar-refractivity contribution is 7.99. The molecule has 0 spiro atoms. The number of rotatable bonds is 7. The molecule has 26 heavy (non-hydrogen) atoms. The van der Waals surface area contributed by atoms with Crippen molar-refractivity contribution in [2.45, 2.75) is 11.3 Å². The maximum absolute atomic E-state index is 10.1. The number of thioether (sulfide) groups is 1. The van der Waals surface area contributed by atoms with Crippen molar-refractivity contribution in [2.24, 2.45) is 0 Å². The Morgan fingerprint density at radius 1 is 1.08 bits per heavy atom. The van der Waals surface area contributed by atoms with Crippen LogP contribution >= 0.6 is 11.8 Å². The number of benzene rings is 2. The summed E-state index contributed by atoms with van der Waals surface area (Å²) in [5.41, 5.74) is 1.89. The first-order valence-corrected chi connectivity index (χ1v) is 9.17. The normalized spacial score (nSPS) is 12.3. The topological polar surface area (TPSA) is 84.2 Å². The molecule has 0 aliphatic carbocycles. The summed E-state index contributed by atoms with van der Waals surface area (Å²) in [6.45, 7) is 0.209. The molecule has 4 rings (SSSR count). The molecule has 2 N–H and O–H groups in total. The largest absolute Gasteiger partial charge is 0.491 e. The average Bonchev–Trinajstić information content (AvgIpc) is 3.32. The lowest BCUT2D eigenvalue weighted by Crippen LogP contribution is -2.20. The number of aliphatic hydroxyl groups excluding tert-OH is 1. The van der Waals surface area contributed by atoms with Gasteiger partial charge in [0, 0.05) is 22.9 Å². The SMILES string of the molecule is O[C@H](COc1ccccc1)CSc1nnc(-c2c[nH]c3ccccc23)o1. The Kier molecular flexibility index (Phi) is 4.90. The smallest absolute Gasteiger partial charge is 0.276 e. The first-order valence-electron chi connectivity index (χ1n) is 8.18. The molecular formula is C19H17N3O3S. The first kappa shape index (κ1) is 16.7. The van der Waals surface area contributed by atoms with Crippen molar-refractivity contribution >= 4 is 22.7 Å². The molecule has 0 fully saturated rings. The maximum Gasteiger partial charge on any atom is 0.276 e. The highest BCUT2D eigenvalue weighted by Gasteiger charge is 2.15. The van der Waals surface area contributed by atoms with Crippen LogP contribution in [0.5, 0.6) is 5.75 Å². The highest BCUT2D eigenvalue weighted by atomic mass is 32.2. The summed E-state index contributed by atoms with van der Waals surface area (Å²) < 4.78 is 11.3. The molecule has 132 valence electrons. The van der Waals surface area contributed by atoms with Gasteiger partial charge in [0.1, 0.15) is 12.4 Å². The van der Waals surface area contributed by atoms with Crippen molar-refractivity contribution in [2.75, 3.05) is 12.4 Å². The summed E-state index contributed by atoms with van der Waals surface area (Å²) in [5.74, 6) is 1.60. The third-order valence-corrected chi connectivity index (χ3v) is 4.77. The first-order chi connectivity index (χ1) is 12.8. The lowest BCUT2D eigenvalue weighted by molar-refractivity contribution is 0.126. The summed E-state index contributed by atoms with van der Waals surface area (Å²) >= 11 is 1.31. The Labute approximate surface area is 154 Å². The van der Waals surface area contributed by atoms with E-state index in [0.717, 1.165) is 22.2 Å². The minimum atomic E-state index is -0.636. The lowest BCUT2D eigenvalue weighted by Gasteiger charge is -2.10. The monoisotopic (exact) mass is 367 g/mol. The van der Waals surface area contributed by atoms with E-state index in [1.165, 1.54) is 11.8 Å². The van der Waals surface area contributed by atoms with Gasteiger partial charge in [-0.1, -0.05) is 48.2 Å². The van der Waals surface area contributed by atoms with Crippen molar-refractivity contribution in [3.05, 3.63) is 60.8 Å². The lowest BCUT2D eigenvalue weighted by atomic mass is 10.2. The number of para-hydroxylation sites is 2. The third kappa shape index (κ3) is 3.74. The number of aliphatic hydroxyl groups is 1. The number of hydrogen-bond acceptors (Lipinski definition) is 6. The summed E-state index contributed by atoms with van der Waals surface area (Å²) in [6, 6.07) is 17.3. The molecule has 0 aliphatic rings. The standard InChI is InChI=1S/C19H17N3O3S/c23-13(11-24-14-6-2-1-3-7-14)12-26-19-22-21-18(25-19)16-10-20-17-9-5-4-8-15(16)17/h1-10,13,20,23H,11-12H2/t13-/m1/s1. The molecule has 0 aliphatic heterocycles. The Hall–Kier alpha value is -2.77. The van der Waals surface area contributed by atoms with Gasteiger partial charge in [0.25, 0.3) is 11.1 Å². The van der Waals surface area contributed by atoms with Gasteiger partial charge >= 0.3 is 0 Å². The Morgan fingerprint density at radius 3 is 2.77 bits per heavy atom. The predicted molar refractivity (Wildman–Crippen MR) is 100 cm³/mol. The van der Waals surface area contributed by atoms with E-state index >= 15 is 0 Å². The fraction of sp³-hybridized carbons (Fsp3) is 0.158. The van der Waals surface area contributed by atoms with E-state index in [0.29, 0.717) is 16.9 Å². The fourth-order valence-electron chi connectivity index (χ4n) is 2.55. The molecule has 6 nitrogen and oxygen atoms in total. The Balaban J connectivity index is 1.35. The summed E-state index contributed by atoms with van der Waals surface area (Å²) in [5, 5.41) is 19.7. The van der Waals surface area contributed by atoms with Crippen molar-refractivity contribution in [3.8, 4) is 17.2 Å². The van der Waals surface area contributed by atoms with Crippen molar-refractivity contribution < 1.29 is 14.3 Å². The van der Waals surface area contributed by atoms with Crippen LogP contribution < -0.4 is 4.74 Å². The van der Waals surface area contributed by atoms with Gasteiger partial charge in [-0.25, -0.2) is 0 Å². The highest BCUT2D eigenvalue weighted by Crippen LogP contribution is 2.29. The van der Waals surface area contributed by atoms with E-state index in [1.54, 1.807) is 0 Å². The zero-order valence-electron chi connectivity index (χ0n) is 13.8. The summed E-state index contributed by atoms with van der Waals surface area (Å²) in [6.07, 6.45) is 1.22. The van der Waals surface area contributed by atoms with Crippen LogP contribution in [0.1, 0.15) is 0 Å².